The highest BCUT2D eigenvalue weighted by atomic mass is 16.6. The summed E-state index contributed by atoms with van der Waals surface area (Å²) in [7, 11) is 2.00. The molecule has 5 rings (SSSR count). The van der Waals surface area contributed by atoms with Crippen LogP contribution in [0.15, 0.2) is 42.7 Å². The highest BCUT2D eigenvalue weighted by Gasteiger charge is 2.28. The molecule has 3 aromatic heterocycles. The molecule has 4 heterocycles. The van der Waals surface area contributed by atoms with Crippen molar-refractivity contribution in [1.82, 2.24) is 29.3 Å². The lowest BCUT2D eigenvalue weighted by Gasteiger charge is -2.33. The second-order valence-electron chi connectivity index (χ2n) is 10.7. The minimum Gasteiger partial charge on any atom is -0.444 e. The molecule has 1 fully saturated rings. The van der Waals surface area contributed by atoms with E-state index < -0.39 is 6.09 Å². The summed E-state index contributed by atoms with van der Waals surface area (Å²) in [5.74, 6) is 0.765. The molecule has 1 N–H and O–H groups in total. The van der Waals surface area contributed by atoms with Crippen LogP contribution in [-0.2, 0) is 18.3 Å². The molecule has 0 bridgehead atoms. The molecule has 1 atom stereocenters. The first-order valence-corrected chi connectivity index (χ1v) is 12.8. The van der Waals surface area contributed by atoms with Crippen molar-refractivity contribution in [2.75, 3.05) is 13.1 Å². The lowest BCUT2D eigenvalue weighted by molar-refractivity contribution is 0.0323. The van der Waals surface area contributed by atoms with E-state index in [0.29, 0.717) is 18.7 Å². The van der Waals surface area contributed by atoms with Crippen LogP contribution in [-0.4, -0.2) is 60.7 Å². The van der Waals surface area contributed by atoms with Gasteiger partial charge in [0.2, 0.25) is 0 Å². The maximum atomic E-state index is 13.4. The minimum atomic E-state index is -0.450. The van der Waals surface area contributed by atoms with Crippen LogP contribution in [0.25, 0.3) is 33.5 Å². The molecular weight excluding hydrogens is 468 g/mol. The molecule has 194 valence electrons. The van der Waals surface area contributed by atoms with Gasteiger partial charge in [0.25, 0.3) is 5.91 Å². The van der Waals surface area contributed by atoms with E-state index in [2.05, 4.69) is 32.4 Å². The largest absolute Gasteiger partial charge is 0.444 e. The summed E-state index contributed by atoms with van der Waals surface area (Å²) < 4.78 is 9.88. The second kappa shape index (κ2) is 9.53. The van der Waals surface area contributed by atoms with Gasteiger partial charge >= 0.3 is 6.09 Å². The first-order valence-electron chi connectivity index (χ1n) is 12.8. The normalized spacial score (nSPS) is 16.4. The monoisotopic (exact) mass is 502 g/mol. The van der Waals surface area contributed by atoms with E-state index in [1.54, 1.807) is 11.1 Å². The highest BCUT2D eigenvalue weighted by molar-refractivity contribution is 5.98. The number of aryl methyl sites for hydroxylation is 2. The quantitative estimate of drug-likeness (QED) is 0.435. The van der Waals surface area contributed by atoms with Crippen LogP contribution in [0.3, 0.4) is 0 Å². The fraction of sp³-hybridized carbons (Fsp3) is 0.429. The zero-order chi connectivity index (χ0) is 26.3. The molecule has 37 heavy (non-hydrogen) atoms. The van der Waals surface area contributed by atoms with Crippen molar-refractivity contribution >= 4 is 33.9 Å². The van der Waals surface area contributed by atoms with Crippen LogP contribution in [0.1, 0.15) is 50.9 Å². The maximum Gasteiger partial charge on any atom is 0.407 e. The van der Waals surface area contributed by atoms with Crippen LogP contribution in [0.4, 0.5) is 4.79 Å². The number of amides is 2. The molecule has 1 aliphatic heterocycles. The Kier molecular flexibility index (Phi) is 6.39. The van der Waals surface area contributed by atoms with Crippen LogP contribution in [0.5, 0.6) is 0 Å². The number of imidazole rings is 1. The Morgan fingerprint density at radius 3 is 2.73 bits per heavy atom. The van der Waals surface area contributed by atoms with E-state index in [1.165, 1.54) is 0 Å². The summed E-state index contributed by atoms with van der Waals surface area (Å²) in [4.78, 5) is 36.6. The summed E-state index contributed by atoms with van der Waals surface area (Å²) in [5.41, 5.74) is 4.01. The van der Waals surface area contributed by atoms with Gasteiger partial charge in [0.05, 0.1) is 35.0 Å². The number of pyridine rings is 1. The molecule has 4 aromatic rings. The van der Waals surface area contributed by atoms with Gasteiger partial charge in [0.15, 0.2) is 5.82 Å². The molecule has 0 unspecified atom stereocenters. The van der Waals surface area contributed by atoms with Gasteiger partial charge in [0.1, 0.15) is 6.10 Å². The minimum absolute atomic E-state index is 0.0765. The number of nitrogens with zero attached hydrogens (tertiary/aromatic N) is 5. The van der Waals surface area contributed by atoms with Crippen molar-refractivity contribution in [2.45, 2.75) is 58.7 Å². The first-order chi connectivity index (χ1) is 17.6. The molecule has 0 saturated carbocycles. The molecule has 9 nitrogen and oxygen atoms in total. The Hall–Kier alpha value is -3.88. The second-order valence-corrected chi connectivity index (χ2v) is 10.7. The van der Waals surface area contributed by atoms with Crippen LogP contribution in [0, 0.1) is 0 Å². The molecule has 0 radical (unpaired) electrons. The summed E-state index contributed by atoms with van der Waals surface area (Å²) in [6.07, 6.45) is 4.43. The number of carbonyl (C=O) groups is 2. The number of alkyl carbamates (subject to hydrolysis) is 1. The van der Waals surface area contributed by atoms with E-state index in [1.807, 2.05) is 58.3 Å². The number of benzene rings is 1. The molecule has 1 aliphatic rings. The summed E-state index contributed by atoms with van der Waals surface area (Å²) >= 11 is 0. The zero-order valence-corrected chi connectivity index (χ0v) is 22.1. The number of likely N-dealkylation sites (tertiary alicyclic amines) is 1. The van der Waals surface area contributed by atoms with E-state index in [0.717, 1.165) is 52.8 Å². The van der Waals surface area contributed by atoms with Gasteiger partial charge in [-0.15, -0.1) is 0 Å². The predicted octanol–water partition coefficient (Wildman–Crippen LogP) is 4.74. The lowest BCUT2D eigenvalue weighted by atomic mass is 10.1. The predicted molar refractivity (Wildman–Crippen MR) is 143 cm³/mol. The van der Waals surface area contributed by atoms with Crippen LogP contribution < -0.4 is 5.32 Å². The molecule has 0 spiro atoms. The average molecular weight is 503 g/mol. The molecular formula is C28H34N6O3. The number of rotatable bonds is 4. The highest BCUT2D eigenvalue weighted by Crippen LogP contribution is 2.30. The number of fused-ring (bicyclic) bond motifs is 2. The van der Waals surface area contributed by atoms with Crippen molar-refractivity contribution in [2.24, 2.45) is 7.05 Å². The Labute approximate surface area is 216 Å². The third-order valence-electron chi connectivity index (χ3n) is 6.80. The van der Waals surface area contributed by atoms with E-state index in [4.69, 9.17) is 9.72 Å². The SMILES string of the molecule is CCn1c(-c2nc3cc(C(=O)N4CCC[C@@H](OC(=O)NC(C)(C)C)C4)ccc3n2C)cc2ccncc21. The summed E-state index contributed by atoms with van der Waals surface area (Å²) in [5, 5.41) is 3.94. The Balaban J connectivity index is 1.39. The van der Waals surface area contributed by atoms with Gasteiger partial charge in [-0.2, -0.15) is 0 Å². The third-order valence-corrected chi connectivity index (χ3v) is 6.80. The molecule has 1 saturated heterocycles. The Morgan fingerprint density at radius 2 is 1.97 bits per heavy atom. The first kappa shape index (κ1) is 24.8. The van der Waals surface area contributed by atoms with E-state index >= 15 is 0 Å². The van der Waals surface area contributed by atoms with Crippen LogP contribution in [0.2, 0.25) is 0 Å². The summed E-state index contributed by atoms with van der Waals surface area (Å²) in [6.45, 7) is 9.64. The smallest absolute Gasteiger partial charge is 0.407 e. The van der Waals surface area contributed by atoms with Crippen molar-refractivity contribution in [3.05, 3.63) is 48.3 Å². The fourth-order valence-corrected chi connectivity index (χ4v) is 5.08. The molecule has 1 aromatic carbocycles. The number of ether oxygens (including phenoxy) is 1. The number of hydrogen-bond donors (Lipinski definition) is 1. The number of nitrogens with one attached hydrogen (secondary N) is 1. The number of carbonyl (C=O) groups excluding carboxylic acids is 2. The standard InChI is InChI=1S/C28H34N6O3/c1-6-34-23(15-18-11-12-29-16-24(18)34)25-30-21-14-19(9-10-22(21)32(25)5)26(35)33-13-7-8-20(17-33)37-27(36)31-28(2,3)4/h9-12,14-16,20H,6-8,13,17H2,1-5H3,(H,31,36)/t20-/m1/s1. The number of hydrogen-bond acceptors (Lipinski definition) is 5. The fourth-order valence-electron chi connectivity index (χ4n) is 5.08. The maximum absolute atomic E-state index is 13.4. The average Bonchev–Trinajstić information content (AvgIpc) is 3.39. The van der Waals surface area contributed by atoms with Gasteiger partial charge in [-0.1, -0.05) is 0 Å². The zero-order valence-electron chi connectivity index (χ0n) is 22.1. The van der Waals surface area contributed by atoms with Crippen molar-refractivity contribution in [3.8, 4) is 11.5 Å². The van der Waals surface area contributed by atoms with Crippen molar-refractivity contribution in [3.63, 3.8) is 0 Å². The number of aromatic nitrogens is 4. The topological polar surface area (TPSA) is 94.3 Å². The van der Waals surface area contributed by atoms with Crippen LogP contribution >= 0.6 is 0 Å². The van der Waals surface area contributed by atoms with E-state index in [-0.39, 0.29) is 17.6 Å². The van der Waals surface area contributed by atoms with Crippen molar-refractivity contribution < 1.29 is 14.3 Å². The van der Waals surface area contributed by atoms with Gasteiger partial charge < -0.3 is 24.1 Å². The van der Waals surface area contributed by atoms with Gasteiger partial charge in [-0.05, 0) is 70.9 Å². The third kappa shape index (κ3) is 4.90. The van der Waals surface area contributed by atoms with E-state index in [9.17, 15) is 9.59 Å². The molecule has 9 heteroatoms. The Morgan fingerprint density at radius 1 is 1.16 bits per heavy atom. The van der Waals surface area contributed by atoms with Gasteiger partial charge in [-0.25, -0.2) is 9.78 Å². The number of piperidine rings is 1. The van der Waals surface area contributed by atoms with Gasteiger partial charge in [-0.3, -0.25) is 9.78 Å². The molecule has 0 aliphatic carbocycles. The Bertz CT molecular complexity index is 1480. The van der Waals surface area contributed by atoms with Gasteiger partial charge in [0, 0.05) is 42.8 Å². The molecule has 2 amide bonds. The summed E-state index contributed by atoms with van der Waals surface area (Å²) in [6, 6.07) is 9.81. The van der Waals surface area contributed by atoms with Crippen molar-refractivity contribution in [1.29, 1.82) is 0 Å². The lowest BCUT2D eigenvalue weighted by Crippen LogP contribution is -2.47.